The lowest BCUT2D eigenvalue weighted by Gasteiger charge is -2.38. The number of halogens is 1. The van der Waals surface area contributed by atoms with Crippen molar-refractivity contribution in [2.24, 2.45) is 4.99 Å². The van der Waals surface area contributed by atoms with Crippen LogP contribution in [0.3, 0.4) is 0 Å². The van der Waals surface area contributed by atoms with Gasteiger partial charge in [-0.2, -0.15) is 0 Å². The fraction of sp³-hybridized carbons (Fsp3) is 0.650. The van der Waals surface area contributed by atoms with Crippen LogP contribution in [0.15, 0.2) is 29.3 Å². The average Bonchev–Trinajstić information content (AvgIpc) is 2.60. The van der Waals surface area contributed by atoms with Crippen LogP contribution in [0.1, 0.15) is 46.3 Å². The van der Waals surface area contributed by atoms with Gasteiger partial charge in [0, 0.05) is 13.1 Å². The van der Waals surface area contributed by atoms with E-state index in [1.807, 2.05) is 13.8 Å². The van der Waals surface area contributed by atoms with Crippen molar-refractivity contribution in [3.8, 4) is 0 Å². The summed E-state index contributed by atoms with van der Waals surface area (Å²) in [6.45, 7) is 11.2. The lowest BCUT2D eigenvalue weighted by atomic mass is 10.1. The first-order valence-corrected chi connectivity index (χ1v) is 11.3. The minimum absolute atomic E-state index is 0.00663. The summed E-state index contributed by atoms with van der Waals surface area (Å²) >= 11 is 0. The Hall–Kier alpha value is -1.67. The fourth-order valence-electron chi connectivity index (χ4n) is 2.99. The average molecular weight is 414 g/mol. The van der Waals surface area contributed by atoms with Crippen molar-refractivity contribution >= 4 is 15.8 Å². The first kappa shape index (κ1) is 22.6. The van der Waals surface area contributed by atoms with Crippen LogP contribution in [0.2, 0.25) is 0 Å². The number of hydrogen-bond acceptors (Lipinski definition) is 4. The molecule has 0 spiro atoms. The van der Waals surface area contributed by atoms with E-state index in [1.54, 1.807) is 32.9 Å². The zero-order chi connectivity index (χ0) is 20.9. The predicted molar refractivity (Wildman–Crippen MR) is 111 cm³/mol. The summed E-state index contributed by atoms with van der Waals surface area (Å²) in [4.78, 5) is 6.63. The van der Waals surface area contributed by atoms with Gasteiger partial charge < -0.3 is 15.0 Å². The molecule has 1 heterocycles. The van der Waals surface area contributed by atoms with E-state index in [-0.39, 0.29) is 30.3 Å². The number of hydrogen-bond donors (Lipinski definition) is 1. The standard InChI is InChI=1S/C20H32FN3O3S/c1-6-22-19(23-11-12-28(25,26)20(3,4)5)24-13-15(2)27-18(14-24)16-7-9-17(21)10-8-16/h7-10,15,18H,6,11-14H2,1-5H3,(H,22,23). The van der Waals surface area contributed by atoms with E-state index >= 15 is 0 Å². The number of ether oxygens (including phenoxy) is 1. The van der Waals surface area contributed by atoms with Crippen LogP contribution in [0.25, 0.3) is 0 Å². The Morgan fingerprint density at radius 2 is 1.93 bits per heavy atom. The molecule has 0 aromatic heterocycles. The van der Waals surface area contributed by atoms with Crippen molar-refractivity contribution in [1.29, 1.82) is 0 Å². The highest BCUT2D eigenvalue weighted by Gasteiger charge is 2.30. The fourth-order valence-corrected chi connectivity index (χ4v) is 3.93. The predicted octanol–water partition coefficient (Wildman–Crippen LogP) is 2.77. The molecule has 8 heteroatoms. The Morgan fingerprint density at radius 3 is 2.50 bits per heavy atom. The number of guanidine groups is 1. The highest BCUT2D eigenvalue weighted by atomic mass is 32.2. The molecule has 0 radical (unpaired) electrons. The Morgan fingerprint density at radius 1 is 1.29 bits per heavy atom. The first-order valence-electron chi connectivity index (χ1n) is 9.70. The Bertz CT molecular complexity index is 773. The number of nitrogens with one attached hydrogen (secondary N) is 1. The molecule has 2 atom stereocenters. The number of nitrogens with zero attached hydrogens (tertiary/aromatic N) is 2. The minimum atomic E-state index is -3.22. The van der Waals surface area contributed by atoms with E-state index in [1.165, 1.54) is 12.1 Å². The van der Waals surface area contributed by atoms with Gasteiger partial charge in [0.15, 0.2) is 15.8 Å². The number of aliphatic imine (C=N–C) groups is 1. The number of rotatable bonds is 5. The van der Waals surface area contributed by atoms with Crippen molar-refractivity contribution in [2.45, 2.75) is 51.6 Å². The van der Waals surface area contributed by atoms with Crippen molar-refractivity contribution in [1.82, 2.24) is 10.2 Å². The Labute approximate surface area is 168 Å². The molecule has 0 aliphatic carbocycles. The highest BCUT2D eigenvalue weighted by molar-refractivity contribution is 7.92. The van der Waals surface area contributed by atoms with Crippen LogP contribution in [0.5, 0.6) is 0 Å². The van der Waals surface area contributed by atoms with Crippen molar-refractivity contribution in [2.75, 3.05) is 31.9 Å². The summed E-state index contributed by atoms with van der Waals surface area (Å²) in [5, 5.41) is 3.24. The van der Waals surface area contributed by atoms with E-state index in [2.05, 4.69) is 15.2 Å². The summed E-state index contributed by atoms with van der Waals surface area (Å²) in [7, 11) is -3.22. The van der Waals surface area contributed by atoms with Gasteiger partial charge in [0.2, 0.25) is 0 Å². The second-order valence-electron chi connectivity index (χ2n) is 8.06. The number of benzene rings is 1. The topological polar surface area (TPSA) is 71.0 Å². The Kier molecular flexibility index (Phi) is 7.45. The molecule has 2 rings (SSSR count). The Balaban J connectivity index is 2.13. The minimum Gasteiger partial charge on any atom is -0.367 e. The summed E-state index contributed by atoms with van der Waals surface area (Å²) in [5.41, 5.74) is 0.907. The van der Waals surface area contributed by atoms with Gasteiger partial charge in [-0.1, -0.05) is 12.1 Å². The first-order chi connectivity index (χ1) is 13.0. The summed E-state index contributed by atoms with van der Waals surface area (Å²) in [5.74, 6) is 0.403. The highest BCUT2D eigenvalue weighted by Crippen LogP contribution is 2.25. The SMILES string of the molecule is CCNC(=NCCS(=O)(=O)C(C)(C)C)N1CC(C)OC(c2ccc(F)cc2)C1. The maximum Gasteiger partial charge on any atom is 0.194 e. The van der Waals surface area contributed by atoms with Gasteiger partial charge in [0.05, 0.1) is 29.7 Å². The van der Waals surface area contributed by atoms with Crippen LogP contribution in [-0.2, 0) is 14.6 Å². The lowest BCUT2D eigenvalue weighted by Crippen LogP contribution is -2.51. The van der Waals surface area contributed by atoms with Crippen LogP contribution < -0.4 is 5.32 Å². The van der Waals surface area contributed by atoms with Gasteiger partial charge in [0.1, 0.15) is 11.9 Å². The summed E-state index contributed by atoms with van der Waals surface area (Å²) < 4.78 is 43.1. The summed E-state index contributed by atoms with van der Waals surface area (Å²) in [6, 6.07) is 6.32. The van der Waals surface area contributed by atoms with E-state index in [0.717, 1.165) is 5.56 Å². The summed E-state index contributed by atoms with van der Waals surface area (Å²) in [6.07, 6.45) is -0.238. The monoisotopic (exact) mass is 413 g/mol. The zero-order valence-corrected chi connectivity index (χ0v) is 18.2. The molecule has 1 aliphatic rings. The normalized spacial score (nSPS) is 21.6. The third kappa shape index (κ3) is 5.91. The van der Waals surface area contributed by atoms with Gasteiger partial charge in [-0.3, -0.25) is 4.99 Å². The van der Waals surface area contributed by atoms with E-state index < -0.39 is 14.6 Å². The molecule has 0 bridgehead atoms. The molecule has 1 saturated heterocycles. The van der Waals surface area contributed by atoms with Crippen LogP contribution >= 0.6 is 0 Å². The smallest absolute Gasteiger partial charge is 0.194 e. The molecule has 0 amide bonds. The van der Waals surface area contributed by atoms with Crippen molar-refractivity contribution in [3.63, 3.8) is 0 Å². The molecule has 2 unspecified atom stereocenters. The van der Waals surface area contributed by atoms with Gasteiger partial charge in [-0.25, -0.2) is 12.8 Å². The van der Waals surface area contributed by atoms with E-state index in [4.69, 9.17) is 4.74 Å². The molecular formula is C20H32FN3O3S. The molecular weight excluding hydrogens is 381 g/mol. The van der Waals surface area contributed by atoms with Crippen LogP contribution in [0.4, 0.5) is 4.39 Å². The van der Waals surface area contributed by atoms with Crippen LogP contribution in [-0.4, -0.2) is 62.1 Å². The maximum absolute atomic E-state index is 13.2. The molecule has 158 valence electrons. The largest absolute Gasteiger partial charge is 0.367 e. The van der Waals surface area contributed by atoms with Gasteiger partial charge in [0.25, 0.3) is 0 Å². The maximum atomic E-state index is 13.2. The molecule has 1 N–H and O–H groups in total. The molecule has 28 heavy (non-hydrogen) atoms. The number of sulfone groups is 1. The molecule has 1 aliphatic heterocycles. The molecule has 0 saturated carbocycles. The van der Waals surface area contributed by atoms with Gasteiger partial charge >= 0.3 is 0 Å². The molecule has 6 nitrogen and oxygen atoms in total. The molecule has 1 aromatic carbocycles. The lowest BCUT2D eigenvalue weighted by molar-refractivity contribution is -0.0605. The van der Waals surface area contributed by atoms with E-state index in [9.17, 15) is 12.8 Å². The van der Waals surface area contributed by atoms with Crippen molar-refractivity contribution < 1.29 is 17.5 Å². The zero-order valence-electron chi connectivity index (χ0n) is 17.4. The quantitative estimate of drug-likeness (QED) is 0.594. The second kappa shape index (κ2) is 9.22. The van der Waals surface area contributed by atoms with Crippen molar-refractivity contribution in [3.05, 3.63) is 35.6 Å². The molecule has 1 aromatic rings. The van der Waals surface area contributed by atoms with E-state index in [0.29, 0.717) is 25.6 Å². The van der Waals surface area contributed by atoms with Gasteiger partial charge in [-0.15, -0.1) is 0 Å². The van der Waals surface area contributed by atoms with Crippen LogP contribution in [0, 0.1) is 5.82 Å². The second-order valence-corrected chi connectivity index (χ2v) is 10.9. The molecule has 1 fully saturated rings. The third-order valence-electron chi connectivity index (χ3n) is 4.69. The number of morpholine rings is 1. The third-order valence-corrected chi connectivity index (χ3v) is 7.28. The van der Waals surface area contributed by atoms with Gasteiger partial charge in [-0.05, 0) is 52.3 Å².